The van der Waals surface area contributed by atoms with Crippen LogP contribution in [0.5, 0.6) is 0 Å². The quantitative estimate of drug-likeness (QED) is 0.499. The van der Waals surface area contributed by atoms with Crippen LogP contribution in [0.1, 0.15) is 61.8 Å². The summed E-state index contributed by atoms with van der Waals surface area (Å²) in [6.45, 7) is 10.6. The van der Waals surface area contributed by atoms with E-state index in [4.69, 9.17) is 0 Å². The molecule has 0 bridgehead atoms. The zero-order chi connectivity index (χ0) is 20.1. The summed E-state index contributed by atoms with van der Waals surface area (Å²) < 4.78 is 0. The molecule has 4 heteroatoms. The molecule has 0 aliphatic carbocycles. The molecule has 2 aromatic rings. The van der Waals surface area contributed by atoms with Crippen LogP contribution in [0, 0.1) is 5.41 Å². The van der Waals surface area contributed by atoms with E-state index < -0.39 is 0 Å². The van der Waals surface area contributed by atoms with Crippen molar-refractivity contribution in [2.75, 3.05) is 5.75 Å². The molecule has 1 amide bonds. The number of carbonyl (C=O) groups excluding carboxylic acids is 2. The van der Waals surface area contributed by atoms with Crippen LogP contribution in [0.2, 0.25) is 0 Å². The lowest BCUT2D eigenvalue weighted by Gasteiger charge is -2.33. The molecule has 0 saturated carbocycles. The van der Waals surface area contributed by atoms with E-state index >= 15 is 0 Å². The number of hydrogen-bond acceptors (Lipinski definition) is 3. The Morgan fingerprint density at radius 1 is 0.889 bits per heavy atom. The van der Waals surface area contributed by atoms with Gasteiger partial charge in [0, 0.05) is 21.6 Å². The van der Waals surface area contributed by atoms with Gasteiger partial charge in [0.25, 0.3) is 5.91 Å². The standard InChI is InChI=1S/C23H29NO2S/c1-22(2,3)16-23(4,5)24-21(26)18-12-9-13-19(14-18)27-15-20(25)17-10-7-6-8-11-17/h6-14H,15-16H2,1-5H3,(H,24,26). The Balaban J connectivity index is 2.00. The highest BCUT2D eigenvalue weighted by Crippen LogP contribution is 2.27. The minimum absolute atomic E-state index is 0.0823. The molecule has 0 fully saturated rings. The lowest BCUT2D eigenvalue weighted by atomic mass is 9.81. The molecule has 0 heterocycles. The van der Waals surface area contributed by atoms with Gasteiger partial charge < -0.3 is 5.32 Å². The third-order valence-electron chi connectivity index (χ3n) is 3.99. The van der Waals surface area contributed by atoms with Gasteiger partial charge in [0.2, 0.25) is 0 Å². The molecular formula is C23H29NO2S. The molecule has 0 radical (unpaired) electrons. The van der Waals surface area contributed by atoms with Gasteiger partial charge in [0.15, 0.2) is 5.78 Å². The number of nitrogens with one attached hydrogen (secondary N) is 1. The molecule has 27 heavy (non-hydrogen) atoms. The summed E-state index contributed by atoms with van der Waals surface area (Å²) >= 11 is 1.45. The molecule has 2 aromatic carbocycles. The molecule has 0 aromatic heterocycles. The molecule has 0 spiro atoms. The van der Waals surface area contributed by atoms with Crippen LogP contribution < -0.4 is 5.32 Å². The fraction of sp³-hybridized carbons (Fsp3) is 0.391. The van der Waals surface area contributed by atoms with Crippen molar-refractivity contribution < 1.29 is 9.59 Å². The van der Waals surface area contributed by atoms with E-state index in [2.05, 4.69) is 26.1 Å². The molecule has 144 valence electrons. The first-order valence-electron chi connectivity index (χ1n) is 9.19. The summed E-state index contributed by atoms with van der Waals surface area (Å²) in [5.74, 6) is 0.354. The zero-order valence-corrected chi connectivity index (χ0v) is 17.7. The maximum absolute atomic E-state index is 12.7. The van der Waals surface area contributed by atoms with Gasteiger partial charge in [-0.05, 0) is 43.9 Å². The van der Waals surface area contributed by atoms with E-state index in [0.29, 0.717) is 16.9 Å². The molecule has 2 rings (SSSR count). The summed E-state index contributed by atoms with van der Waals surface area (Å²) in [6.07, 6.45) is 0.881. The van der Waals surface area contributed by atoms with Crippen molar-refractivity contribution in [2.24, 2.45) is 5.41 Å². The highest BCUT2D eigenvalue weighted by molar-refractivity contribution is 8.00. The van der Waals surface area contributed by atoms with Crippen molar-refractivity contribution in [1.82, 2.24) is 5.32 Å². The molecular weight excluding hydrogens is 354 g/mol. The average Bonchev–Trinajstić information content (AvgIpc) is 2.58. The van der Waals surface area contributed by atoms with Crippen LogP contribution >= 0.6 is 11.8 Å². The first-order valence-corrected chi connectivity index (χ1v) is 10.2. The Bertz CT molecular complexity index is 792. The lowest BCUT2D eigenvalue weighted by Crippen LogP contribution is -2.45. The minimum atomic E-state index is -0.290. The largest absolute Gasteiger partial charge is 0.347 e. The topological polar surface area (TPSA) is 46.2 Å². The van der Waals surface area contributed by atoms with Crippen molar-refractivity contribution in [3.8, 4) is 0 Å². The van der Waals surface area contributed by atoms with E-state index in [0.717, 1.165) is 11.3 Å². The van der Waals surface area contributed by atoms with Crippen LogP contribution in [-0.2, 0) is 0 Å². The van der Waals surface area contributed by atoms with Gasteiger partial charge in [-0.2, -0.15) is 0 Å². The molecule has 0 saturated heterocycles. The van der Waals surface area contributed by atoms with Crippen molar-refractivity contribution in [3.63, 3.8) is 0 Å². The number of amides is 1. The summed E-state index contributed by atoms with van der Waals surface area (Å²) in [4.78, 5) is 25.8. The Morgan fingerprint density at radius 3 is 2.15 bits per heavy atom. The maximum atomic E-state index is 12.7. The number of rotatable bonds is 7. The highest BCUT2D eigenvalue weighted by atomic mass is 32.2. The summed E-state index contributed by atoms with van der Waals surface area (Å²) in [5, 5.41) is 3.13. The minimum Gasteiger partial charge on any atom is -0.347 e. The zero-order valence-electron chi connectivity index (χ0n) is 16.8. The molecule has 0 unspecified atom stereocenters. The maximum Gasteiger partial charge on any atom is 0.251 e. The van der Waals surface area contributed by atoms with Crippen LogP contribution in [0.15, 0.2) is 59.5 Å². The van der Waals surface area contributed by atoms with Gasteiger partial charge in [-0.25, -0.2) is 0 Å². The van der Waals surface area contributed by atoms with E-state index in [9.17, 15) is 9.59 Å². The van der Waals surface area contributed by atoms with Crippen molar-refractivity contribution in [3.05, 3.63) is 65.7 Å². The summed E-state index contributed by atoms with van der Waals surface area (Å²) in [7, 11) is 0. The Labute approximate surface area is 166 Å². The molecule has 1 N–H and O–H groups in total. The fourth-order valence-corrected chi connectivity index (χ4v) is 4.18. The van der Waals surface area contributed by atoms with E-state index in [1.165, 1.54) is 11.8 Å². The van der Waals surface area contributed by atoms with Crippen LogP contribution in [0.4, 0.5) is 0 Å². The third kappa shape index (κ3) is 7.22. The molecule has 0 aliphatic rings. The van der Waals surface area contributed by atoms with Crippen molar-refractivity contribution in [1.29, 1.82) is 0 Å². The van der Waals surface area contributed by atoms with Crippen molar-refractivity contribution >= 4 is 23.5 Å². The molecule has 3 nitrogen and oxygen atoms in total. The summed E-state index contributed by atoms with van der Waals surface area (Å²) in [5.41, 5.74) is 1.17. The number of ketones is 1. The highest BCUT2D eigenvalue weighted by Gasteiger charge is 2.27. The van der Waals surface area contributed by atoms with Crippen molar-refractivity contribution in [2.45, 2.75) is 51.5 Å². The number of hydrogen-bond donors (Lipinski definition) is 1. The van der Waals surface area contributed by atoms with Gasteiger partial charge in [-0.1, -0.05) is 57.2 Å². The fourth-order valence-electron chi connectivity index (χ4n) is 3.33. The first kappa shape index (κ1) is 21.2. The first-order chi connectivity index (χ1) is 12.6. The van der Waals surface area contributed by atoms with E-state index in [1.807, 2.05) is 68.4 Å². The second kappa shape index (κ2) is 8.75. The number of thioether (sulfide) groups is 1. The Hall–Kier alpha value is -2.07. The number of benzene rings is 2. The predicted molar refractivity (Wildman–Crippen MR) is 114 cm³/mol. The average molecular weight is 384 g/mol. The van der Waals surface area contributed by atoms with Gasteiger partial charge in [0.1, 0.15) is 0 Å². The van der Waals surface area contributed by atoms with Gasteiger partial charge in [-0.3, -0.25) is 9.59 Å². The van der Waals surface area contributed by atoms with E-state index in [1.54, 1.807) is 0 Å². The molecule has 0 atom stereocenters. The molecule has 0 aliphatic heterocycles. The monoisotopic (exact) mass is 383 g/mol. The lowest BCUT2D eigenvalue weighted by molar-refractivity contribution is 0.0890. The smallest absolute Gasteiger partial charge is 0.251 e. The van der Waals surface area contributed by atoms with Gasteiger partial charge in [0.05, 0.1) is 5.75 Å². The van der Waals surface area contributed by atoms with Crippen LogP contribution in [0.25, 0.3) is 0 Å². The van der Waals surface area contributed by atoms with Gasteiger partial charge in [-0.15, -0.1) is 11.8 Å². The summed E-state index contributed by atoms with van der Waals surface area (Å²) in [6, 6.07) is 16.7. The number of Topliss-reactive ketones (excluding diaryl/α,β-unsaturated/α-hetero) is 1. The normalized spacial score (nSPS) is 11.9. The SMILES string of the molecule is CC(C)(C)CC(C)(C)NC(=O)c1cccc(SCC(=O)c2ccccc2)c1. The second-order valence-corrected chi connectivity index (χ2v) is 9.73. The second-order valence-electron chi connectivity index (χ2n) is 8.68. The predicted octanol–water partition coefficient (Wildman–Crippen LogP) is 5.61. The van der Waals surface area contributed by atoms with Crippen LogP contribution in [0.3, 0.4) is 0 Å². The Morgan fingerprint density at radius 2 is 1.52 bits per heavy atom. The van der Waals surface area contributed by atoms with Gasteiger partial charge >= 0.3 is 0 Å². The third-order valence-corrected chi connectivity index (χ3v) is 4.98. The van der Waals surface area contributed by atoms with Crippen LogP contribution in [-0.4, -0.2) is 23.0 Å². The van der Waals surface area contributed by atoms with E-state index in [-0.39, 0.29) is 22.6 Å². The number of carbonyl (C=O) groups is 2. The Kier molecular flexibility index (Phi) is 6.88.